The van der Waals surface area contributed by atoms with Crippen LogP contribution in [0.4, 0.5) is 0 Å². The normalized spacial score (nSPS) is 23.2. The van der Waals surface area contributed by atoms with Crippen LogP contribution in [0.15, 0.2) is 17.5 Å². The van der Waals surface area contributed by atoms with Crippen molar-refractivity contribution in [2.45, 2.75) is 57.7 Å². The molecular weight excluding hydrogens is 430 g/mol. The Kier molecular flexibility index (Phi) is 9.63. The van der Waals surface area contributed by atoms with Gasteiger partial charge in [0, 0.05) is 24.9 Å². The van der Waals surface area contributed by atoms with E-state index in [1.165, 1.54) is 6.33 Å². The van der Waals surface area contributed by atoms with Gasteiger partial charge in [0.2, 0.25) is 23.6 Å². The first kappa shape index (κ1) is 25.6. The van der Waals surface area contributed by atoms with E-state index in [9.17, 15) is 19.2 Å². The number of hydrogen-bond donors (Lipinski definition) is 7. The van der Waals surface area contributed by atoms with E-state index in [2.05, 4.69) is 36.2 Å². The summed E-state index contributed by atoms with van der Waals surface area (Å²) in [6, 6.07) is -2.76. The van der Waals surface area contributed by atoms with E-state index in [1.54, 1.807) is 6.20 Å². The maximum absolute atomic E-state index is 13.1. The highest BCUT2D eigenvalue weighted by atomic mass is 16.2. The summed E-state index contributed by atoms with van der Waals surface area (Å²) >= 11 is 0. The number of aromatic amines is 1. The Morgan fingerprint density at radius 3 is 2.52 bits per heavy atom. The molecule has 0 unspecified atom stereocenters. The fourth-order valence-electron chi connectivity index (χ4n) is 3.35. The molecule has 0 spiro atoms. The van der Waals surface area contributed by atoms with Gasteiger partial charge in [-0.15, -0.1) is 0 Å². The number of rotatable bonds is 8. The van der Waals surface area contributed by atoms with Crippen molar-refractivity contribution in [3.63, 3.8) is 0 Å². The predicted molar refractivity (Wildman–Crippen MR) is 120 cm³/mol. The van der Waals surface area contributed by atoms with Gasteiger partial charge in [-0.05, 0) is 18.8 Å². The van der Waals surface area contributed by atoms with Gasteiger partial charge in [-0.1, -0.05) is 20.3 Å². The molecule has 0 radical (unpaired) electrons. The van der Waals surface area contributed by atoms with Crippen LogP contribution in [-0.2, 0) is 25.6 Å². The smallest absolute Gasteiger partial charge is 0.243 e. The standard InChI is InChI=1S/C20H33N9O4/c1-3-11(2)16-19(33)28-14(7-12-8-23-10-26-12)17(31)25-9-15(30)27-13(18(32)29-16)5-4-6-24-20(21)22/h8,10-11,13-14,16H,3-7,9H2,1-2H3,(H,23,26)(H,25,31)(H,27,30)(H,28,33)(H,29,32)(H4,21,22,24)/t11-,13-,14-,16-/m0/s1. The summed E-state index contributed by atoms with van der Waals surface area (Å²) in [6.45, 7) is 3.65. The number of hydrogen-bond acceptors (Lipinski definition) is 6. The van der Waals surface area contributed by atoms with Crippen LogP contribution >= 0.6 is 0 Å². The van der Waals surface area contributed by atoms with Gasteiger partial charge in [-0.2, -0.15) is 0 Å². The molecule has 2 rings (SSSR count). The molecule has 2 heterocycles. The quantitative estimate of drug-likeness (QED) is 0.126. The summed E-state index contributed by atoms with van der Waals surface area (Å²) in [5.41, 5.74) is 11.3. The number of nitrogens with zero attached hydrogens (tertiary/aromatic N) is 2. The number of carbonyl (C=O) groups excluding carboxylic acids is 4. The number of guanidine groups is 1. The van der Waals surface area contributed by atoms with Crippen LogP contribution in [0.25, 0.3) is 0 Å². The van der Waals surface area contributed by atoms with Crippen molar-refractivity contribution in [1.29, 1.82) is 0 Å². The second-order valence-electron chi connectivity index (χ2n) is 8.00. The van der Waals surface area contributed by atoms with E-state index >= 15 is 0 Å². The van der Waals surface area contributed by atoms with Crippen LogP contribution in [0.1, 0.15) is 38.8 Å². The minimum atomic E-state index is -0.955. The number of amides is 4. The summed E-state index contributed by atoms with van der Waals surface area (Å²) < 4.78 is 0. The van der Waals surface area contributed by atoms with Gasteiger partial charge >= 0.3 is 0 Å². The van der Waals surface area contributed by atoms with Gasteiger partial charge in [-0.25, -0.2) is 4.98 Å². The average molecular weight is 464 g/mol. The molecule has 1 aliphatic heterocycles. The molecule has 13 heteroatoms. The van der Waals surface area contributed by atoms with Crippen molar-refractivity contribution in [3.8, 4) is 0 Å². The topological polar surface area (TPSA) is 209 Å². The number of nitrogens with one attached hydrogen (secondary N) is 5. The highest BCUT2D eigenvalue weighted by Crippen LogP contribution is 2.11. The molecule has 0 saturated carbocycles. The Labute approximate surface area is 191 Å². The van der Waals surface area contributed by atoms with Crippen molar-refractivity contribution in [3.05, 3.63) is 18.2 Å². The van der Waals surface area contributed by atoms with Crippen LogP contribution < -0.4 is 32.7 Å². The molecule has 1 aliphatic rings. The molecule has 4 amide bonds. The molecule has 33 heavy (non-hydrogen) atoms. The van der Waals surface area contributed by atoms with E-state index in [1.807, 2.05) is 13.8 Å². The van der Waals surface area contributed by atoms with E-state index in [-0.39, 0.29) is 37.8 Å². The molecule has 9 N–H and O–H groups in total. The highest BCUT2D eigenvalue weighted by Gasteiger charge is 2.33. The molecule has 1 aromatic rings. The zero-order valence-electron chi connectivity index (χ0n) is 18.9. The third kappa shape index (κ3) is 8.09. The van der Waals surface area contributed by atoms with Gasteiger partial charge in [0.15, 0.2) is 5.96 Å². The van der Waals surface area contributed by atoms with Gasteiger partial charge < -0.3 is 37.7 Å². The summed E-state index contributed by atoms with van der Waals surface area (Å²) in [6.07, 6.45) is 4.44. The van der Waals surface area contributed by atoms with E-state index < -0.39 is 41.8 Å². The van der Waals surface area contributed by atoms with Crippen molar-refractivity contribution in [1.82, 2.24) is 31.2 Å². The third-order valence-corrected chi connectivity index (χ3v) is 5.43. The first-order valence-electron chi connectivity index (χ1n) is 10.9. The zero-order valence-corrected chi connectivity index (χ0v) is 18.9. The number of H-pyrrole nitrogens is 1. The summed E-state index contributed by atoms with van der Waals surface area (Å²) in [5, 5.41) is 10.6. The average Bonchev–Trinajstić information content (AvgIpc) is 3.28. The van der Waals surface area contributed by atoms with E-state index in [0.717, 1.165) is 0 Å². The Morgan fingerprint density at radius 1 is 1.12 bits per heavy atom. The molecule has 1 fully saturated rings. The maximum atomic E-state index is 13.1. The summed E-state index contributed by atoms with van der Waals surface area (Å²) in [5.74, 6) is -2.31. The number of aliphatic imine (C=N–C) groups is 1. The Bertz CT molecular complexity index is 852. The van der Waals surface area contributed by atoms with Crippen LogP contribution in [0.5, 0.6) is 0 Å². The van der Waals surface area contributed by atoms with Crippen LogP contribution in [0, 0.1) is 5.92 Å². The maximum Gasteiger partial charge on any atom is 0.243 e. The lowest BCUT2D eigenvalue weighted by Crippen LogP contribution is -2.61. The first-order valence-corrected chi connectivity index (χ1v) is 10.9. The fraction of sp³-hybridized carbons (Fsp3) is 0.600. The molecule has 0 bridgehead atoms. The molecule has 1 aromatic heterocycles. The van der Waals surface area contributed by atoms with E-state index in [0.29, 0.717) is 18.5 Å². The van der Waals surface area contributed by atoms with Gasteiger partial charge in [0.1, 0.15) is 18.1 Å². The molecule has 0 aliphatic carbocycles. The molecule has 4 atom stereocenters. The lowest BCUT2D eigenvalue weighted by molar-refractivity contribution is -0.136. The molecule has 182 valence electrons. The Morgan fingerprint density at radius 2 is 1.88 bits per heavy atom. The number of nitrogens with two attached hydrogens (primary N) is 2. The zero-order chi connectivity index (χ0) is 24.4. The van der Waals surface area contributed by atoms with E-state index in [4.69, 9.17) is 11.5 Å². The highest BCUT2D eigenvalue weighted by molar-refractivity contribution is 5.96. The first-order chi connectivity index (χ1) is 15.7. The van der Waals surface area contributed by atoms with Gasteiger partial charge in [0.25, 0.3) is 0 Å². The lowest BCUT2D eigenvalue weighted by atomic mass is 9.96. The minimum Gasteiger partial charge on any atom is -0.370 e. The third-order valence-electron chi connectivity index (χ3n) is 5.43. The van der Waals surface area contributed by atoms with Crippen molar-refractivity contribution < 1.29 is 19.2 Å². The van der Waals surface area contributed by atoms with Crippen molar-refractivity contribution >= 4 is 29.6 Å². The SMILES string of the molecule is CC[C@H](C)[C@@H]1NC(=O)[C@H](CCCN=C(N)N)NC(=O)CNC(=O)[C@H](Cc2cnc[nH]2)NC1=O. The second kappa shape index (κ2) is 12.4. The fourth-order valence-corrected chi connectivity index (χ4v) is 3.35. The molecule has 0 aromatic carbocycles. The second-order valence-corrected chi connectivity index (χ2v) is 8.00. The van der Waals surface area contributed by atoms with Crippen molar-refractivity contribution in [2.24, 2.45) is 22.4 Å². The largest absolute Gasteiger partial charge is 0.370 e. The van der Waals surface area contributed by atoms with Crippen molar-refractivity contribution in [2.75, 3.05) is 13.1 Å². The van der Waals surface area contributed by atoms with Crippen LogP contribution in [0.3, 0.4) is 0 Å². The monoisotopic (exact) mass is 463 g/mol. The number of imidazole rings is 1. The summed E-state index contributed by atoms with van der Waals surface area (Å²) in [4.78, 5) is 61.9. The summed E-state index contributed by atoms with van der Waals surface area (Å²) in [7, 11) is 0. The minimum absolute atomic E-state index is 0.0666. The molecule has 1 saturated heterocycles. The predicted octanol–water partition coefficient (Wildman–Crippen LogP) is -2.36. The Hall–Kier alpha value is -3.64. The molecular formula is C20H33N9O4. The van der Waals surface area contributed by atoms with Crippen LogP contribution in [0.2, 0.25) is 0 Å². The van der Waals surface area contributed by atoms with Gasteiger partial charge in [-0.3, -0.25) is 24.2 Å². The number of aromatic nitrogens is 2. The van der Waals surface area contributed by atoms with Crippen LogP contribution in [-0.4, -0.2) is 70.8 Å². The molecule has 13 nitrogen and oxygen atoms in total. The Balaban J connectivity index is 2.23. The lowest BCUT2D eigenvalue weighted by Gasteiger charge is -2.29. The van der Waals surface area contributed by atoms with Gasteiger partial charge in [0.05, 0.1) is 12.9 Å². The number of carbonyl (C=O) groups is 4.